The van der Waals surface area contributed by atoms with E-state index >= 15 is 0 Å². The van der Waals surface area contributed by atoms with Crippen molar-refractivity contribution in [2.75, 3.05) is 0 Å². The van der Waals surface area contributed by atoms with E-state index in [4.69, 9.17) is 5.14 Å². The summed E-state index contributed by atoms with van der Waals surface area (Å²) < 4.78 is 12.3. The molecule has 1 heterocycles. The Kier molecular flexibility index (Phi) is 4.85. The number of hydrogen-bond donors (Lipinski definition) is 1. The van der Waals surface area contributed by atoms with E-state index < -0.39 is 15.7 Å². The van der Waals surface area contributed by atoms with Crippen LogP contribution in [-0.2, 0) is 11.0 Å². The van der Waals surface area contributed by atoms with Crippen molar-refractivity contribution in [3.05, 3.63) is 33.0 Å². The standard InChI is InChI=1S/C10H12Br2N2OS/c1-10(2,16(13)15)6-5-8-7(11)3-4-9(12)14-8/h3-6H,13H2,1-2H3. The van der Waals surface area contributed by atoms with Gasteiger partial charge in [-0.25, -0.2) is 9.19 Å². The second-order valence-corrected chi connectivity index (χ2v) is 7.05. The van der Waals surface area contributed by atoms with E-state index in [0.29, 0.717) is 0 Å². The zero-order valence-electron chi connectivity index (χ0n) is 8.91. The summed E-state index contributed by atoms with van der Waals surface area (Å²) in [5, 5.41) is 5.38. The first-order valence-electron chi connectivity index (χ1n) is 4.50. The number of halogens is 2. The minimum absolute atomic E-state index is 0.566. The van der Waals surface area contributed by atoms with Crippen molar-refractivity contribution in [3.8, 4) is 0 Å². The van der Waals surface area contributed by atoms with Gasteiger partial charge in [0.1, 0.15) is 4.60 Å². The Hall–Kier alpha value is -0.0400. The van der Waals surface area contributed by atoms with Crippen molar-refractivity contribution in [1.29, 1.82) is 0 Å². The Bertz CT molecular complexity index is 446. The molecule has 0 aromatic carbocycles. The van der Waals surface area contributed by atoms with Crippen LogP contribution in [0.5, 0.6) is 0 Å². The molecule has 1 unspecified atom stereocenters. The molecule has 0 aliphatic rings. The van der Waals surface area contributed by atoms with Crippen molar-refractivity contribution in [3.63, 3.8) is 0 Å². The van der Waals surface area contributed by atoms with Crippen LogP contribution in [0.25, 0.3) is 6.08 Å². The van der Waals surface area contributed by atoms with Gasteiger partial charge in [-0.1, -0.05) is 6.08 Å². The lowest BCUT2D eigenvalue weighted by Gasteiger charge is -2.15. The van der Waals surface area contributed by atoms with Crippen molar-refractivity contribution in [2.24, 2.45) is 5.14 Å². The van der Waals surface area contributed by atoms with Gasteiger partial charge in [0.25, 0.3) is 0 Å². The Morgan fingerprint density at radius 2 is 2.06 bits per heavy atom. The van der Waals surface area contributed by atoms with Crippen LogP contribution in [0.2, 0.25) is 0 Å². The Morgan fingerprint density at radius 1 is 1.44 bits per heavy atom. The lowest BCUT2D eigenvalue weighted by molar-refractivity contribution is 0.665. The summed E-state index contributed by atoms with van der Waals surface area (Å²) in [6, 6.07) is 3.73. The topological polar surface area (TPSA) is 56.0 Å². The van der Waals surface area contributed by atoms with Crippen LogP contribution in [-0.4, -0.2) is 13.9 Å². The molecular formula is C10H12Br2N2OS. The Morgan fingerprint density at radius 3 is 2.62 bits per heavy atom. The predicted molar refractivity (Wildman–Crippen MR) is 75.1 cm³/mol. The third-order valence-corrected chi connectivity index (χ3v) is 4.29. The van der Waals surface area contributed by atoms with Gasteiger partial charge < -0.3 is 0 Å². The maximum absolute atomic E-state index is 11.2. The molecule has 0 aliphatic heterocycles. The molecule has 1 aromatic heterocycles. The van der Waals surface area contributed by atoms with E-state index in [9.17, 15) is 4.21 Å². The minimum atomic E-state index is -1.40. The second-order valence-electron chi connectivity index (χ2n) is 3.74. The maximum Gasteiger partial charge on any atom is 0.106 e. The average Bonchev–Trinajstić information content (AvgIpc) is 2.19. The highest BCUT2D eigenvalue weighted by Crippen LogP contribution is 2.21. The number of rotatable bonds is 3. The summed E-state index contributed by atoms with van der Waals surface area (Å²) in [5.41, 5.74) is 0.771. The monoisotopic (exact) mass is 366 g/mol. The lowest BCUT2D eigenvalue weighted by Crippen LogP contribution is -2.29. The molecule has 88 valence electrons. The van der Waals surface area contributed by atoms with E-state index in [1.165, 1.54) is 0 Å². The summed E-state index contributed by atoms with van der Waals surface area (Å²) in [7, 11) is -1.40. The van der Waals surface area contributed by atoms with Crippen molar-refractivity contribution >= 4 is 48.9 Å². The lowest BCUT2D eigenvalue weighted by atomic mass is 10.2. The van der Waals surface area contributed by atoms with Crippen LogP contribution < -0.4 is 5.14 Å². The fourth-order valence-electron chi connectivity index (χ4n) is 0.897. The van der Waals surface area contributed by atoms with Gasteiger partial charge in [-0.15, -0.1) is 0 Å². The van der Waals surface area contributed by atoms with E-state index in [2.05, 4.69) is 36.8 Å². The normalized spacial score (nSPS) is 14.3. The van der Waals surface area contributed by atoms with Crippen molar-refractivity contribution in [1.82, 2.24) is 4.98 Å². The van der Waals surface area contributed by atoms with Crippen LogP contribution in [0.1, 0.15) is 19.5 Å². The zero-order chi connectivity index (χ0) is 12.3. The molecule has 0 aliphatic carbocycles. The predicted octanol–water partition coefficient (Wildman–Crippen LogP) is 3.02. The highest BCUT2D eigenvalue weighted by atomic mass is 79.9. The van der Waals surface area contributed by atoms with Crippen LogP contribution in [0.3, 0.4) is 0 Å². The Balaban J connectivity index is 3.00. The molecule has 0 saturated carbocycles. The largest absolute Gasteiger partial charge is 0.251 e. The Labute approximate surface area is 114 Å². The molecule has 3 nitrogen and oxygen atoms in total. The van der Waals surface area contributed by atoms with Crippen LogP contribution in [0.15, 0.2) is 27.3 Å². The van der Waals surface area contributed by atoms with Gasteiger partial charge in [-0.2, -0.15) is 0 Å². The minimum Gasteiger partial charge on any atom is -0.251 e. The zero-order valence-corrected chi connectivity index (χ0v) is 12.9. The first-order valence-corrected chi connectivity index (χ1v) is 7.30. The summed E-state index contributed by atoms with van der Waals surface area (Å²) in [4.78, 5) is 4.28. The van der Waals surface area contributed by atoms with Gasteiger partial charge >= 0.3 is 0 Å². The van der Waals surface area contributed by atoms with Crippen LogP contribution in [0, 0.1) is 0 Å². The number of aromatic nitrogens is 1. The molecule has 0 spiro atoms. The number of nitrogens with two attached hydrogens (primary N) is 1. The molecule has 6 heteroatoms. The molecule has 0 saturated heterocycles. The highest BCUT2D eigenvalue weighted by molar-refractivity contribution is 9.11. The van der Waals surface area contributed by atoms with Gasteiger partial charge in [0.15, 0.2) is 0 Å². The number of nitrogens with zero attached hydrogens (tertiary/aromatic N) is 1. The van der Waals surface area contributed by atoms with Gasteiger partial charge in [0, 0.05) is 4.47 Å². The van der Waals surface area contributed by atoms with Crippen LogP contribution in [0.4, 0.5) is 0 Å². The van der Waals surface area contributed by atoms with Gasteiger partial charge in [-0.3, -0.25) is 5.14 Å². The number of hydrogen-bond acceptors (Lipinski definition) is 2. The van der Waals surface area contributed by atoms with Gasteiger partial charge in [0.05, 0.1) is 21.4 Å². The molecule has 1 rings (SSSR count). The summed E-state index contributed by atoms with van der Waals surface area (Å²) in [5.74, 6) is 0. The van der Waals surface area contributed by atoms with E-state index in [0.717, 1.165) is 14.8 Å². The van der Waals surface area contributed by atoms with E-state index in [1.807, 2.05) is 26.0 Å². The van der Waals surface area contributed by atoms with Crippen molar-refractivity contribution in [2.45, 2.75) is 18.6 Å². The molecule has 2 N–H and O–H groups in total. The first-order chi connectivity index (χ1) is 7.33. The molecule has 16 heavy (non-hydrogen) atoms. The molecule has 0 bridgehead atoms. The van der Waals surface area contributed by atoms with E-state index in [-0.39, 0.29) is 0 Å². The summed E-state index contributed by atoms with van der Waals surface area (Å²) >= 11 is 6.69. The fraction of sp³-hybridized carbons (Fsp3) is 0.300. The molecule has 0 amide bonds. The van der Waals surface area contributed by atoms with Gasteiger partial charge in [0.2, 0.25) is 0 Å². The van der Waals surface area contributed by atoms with Crippen molar-refractivity contribution < 1.29 is 4.21 Å². The number of pyridine rings is 1. The third-order valence-electron chi connectivity index (χ3n) is 2.00. The molecule has 0 fully saturated rings. The summed E-state index contributed by atoms with van der Waals surface area (Å²) in [6.07, 6.45) is 3.60. The second kappa shape index (κ2) is 5.53. The quantitative estimate of drug-likeness (QED) is 0.834. The third kappa shape index (κ3) is 3.76. The van der Waals surface area contributed by atoms with Gasteiger partial charge in [-0.05, 0) is 63.9 Å². The molecule has 0 radical (unpaired) electrons. The average molecular weight is 368 g/mol. The fourth-order valence-corrected chi connectivity index (χ4v) is 1.77. The molecule has 1 atom stereocenters. The highest BCUT2D eigenvalue weighted by Gasteiger charge is 2.19. The smallest absolute Gasteiger partial charge is 0.106 e. The summed E-state index contributed by atoms with van der Waals surface area (Å²) in [6.45, 7) is 3.62. The van der Waals surface area contributed by atoms with E-state index in [1.54, 1.807) is 12.2 Å². The van der Waals surface area contributed by atoms with Crippen LogP contribution >= 0.6 is 31.9 Å². The molecule has 1 aromatic rings. The SMILES string of the molecule is CC(C)(C=Cc1nc(Br)ccc1Br)S(N)=O. The molecular weight excluding hydrogens is 356 g/mol. The maximum atomic E-state index is 11.2. The first kappa shape index (κ1) is 14.0.